The van der Waals surface area contributed by atoms with Crippen LogP contribution in [0.4, 0.5) is 0 Å². The fraction of sp³-hybridized carbons (Fsp3) is 0.353. The Morgan fingerprint density at radius 3 is 2.23 bits per heavy atom. The molecule has 0 spiro atoms. The van der Waals surface area contributed by atoms with Gasteiger partial charge in [-0.05, 0) is 44.0 Å². The van der Waals surface area contributed by atoms with E-state index < -0.39 is 0 Å². The van der Waals surface area contributed by atoms with Crippen LogP contribution < -0.4 is 14.8 Å². The Kier molecular flexibility index (Phi) is 5.09. The summed E-state index contributed by atoms with van der Waals surface area (Å²) < 4.78 is 10.4. The van der Waals surface area contributed by atoms with E-state index in [-0.39, 0.29) is 5.91 Å². The molecule has 2 aromatic rings. The Morgan fingerprint density at radius 2 is 1.73 bits per heavy atom. The van der Waals surface area contributed by atoms with Crippen LogP contribution in [0.1, 0.15) is 27.3 Å². The molecule has 0 saturated heterocycles. The summed E-state index contributed by atoms with van der Waals surface area (Å²) in [7, 11) is 3.13. The van der Waals surface area contributed by atoms with E-state index in [2.05, 4.69) is 16.4 Å². The van der Waals surface area contributed by atoms with Crippen molar-refractivity contribution in [3.8, 4) is 11.5 Å². The van der Waals surface area contributed by atoms with Crippen LogP contribution in [0, 0.1) is 13.8 Å². The number of hydrogen-bond donors (Lipinski definition) is 2. The summed E-state index contributed by atoms with van der Waals surface area (Å²) in [5.41, 5.74) is 4.03. The van der Waals surface area contributed by atoms with Gasteiger partial charge in [-0.15, -0.1) is 0 Å². The van der Waals surface area contributed by atoms with Crippen molar-refractivity contribution in [1.82, 2.24) is 10.3 Å². The van der Waals surface area contributed by atoms with Crippen LogP contribution in [0.25, 0.3) is 0 Å². The minimum Gasteiger partial charge on any atom is -0.497 e. The molecule has 22 heavy (non-hydrogen) atoms. The number of rotatable bonds is 6. The van der Waals surface area contributed by atoms with Crippen LogP contribution in [-0.4, -0.2) is 31.7 Å². The second-order valence-electron chi connectivity index (χ2n) is 5.21. The fourth-order valence-corrected chi connectivity index (χ4v) is 2.39. The number of ether oxygens (including phenoxy) is 2. The third-order valence-corrected chi connectivity index (χ3v) is 3.55. The SMILES string of the molecule is COc1cc(OC)cc(C(=O)NCCc2cc(C)[nH]c2C)c1. The van der Waals surface area contributed by atoms with Crippen molar-refractivity contribution in [3.63, 3.8) is 0 Å². The van der Waals surface area contributed by atoms with Gasteiger partial charge in [-0.3, -0.25) is 4.79 Å². The summed E-state index contributed by atoms with van der Waals surface area (Å²) in [6.45, 7) is 4.64. The van der Waals surface area contributed by atoms with Crippen molar-refractivity contribution < 1.29 is 14.3 Å². The van der Waals surface area contributed by atoms with Gasteiger partial charge in [-0.2, -0.15) is 0 Å². The third kappa shape index (κ3) is 3.81. The Balaban J connectivity index is 1.98. The maximum atomic E-state index is 12.2. The van der Waals surface area contributed by atoms with E-state index in [0.717, 1.165) is 17.8 Å². The van der Waals surface area contributed by atoms with Gasteiger partial charge >= 0.3 is 0 Å². The number of methoxy groups -OCH3 is 2. The minimum absolute atomic E-state index is 0.137. The van der Waals surface area contributed by atoms with E-state index >= 15 is 0 Å². The first-order valence-electron chi connectivity index (χ1n) is 7.20. The summed E-state index contributed by atoms with van der Waals surface area (Å²) in [5, 5.41) is 2.92. The van der Waals surface area contributed by atoms with Gasteiger partial charge in [0.2, 0.25) is 0 Å². The summed E-state index contributed by atoms with van der Waals surface area (Å²) >= 11 is 0. The van der Waals surface area contributed by atoms with E-state index in [1.807, 2.05) is 13.8 Å². The molecule has 0 unspecified atom stereocenters. The number of aromatic nitrogens is 1. The van der Waals surface area contributed by atoms with Crippen molar-refractivity contribution in [3.05, 3.63) is 46.8 Å². The molecule has 0 bridgehead atoms. The molecule has 0 fully saturated rings. The highest BCUT2D eigenvalue weighted by Crippen LogP contribution is 2.22. The second kappa shape index (κ2) is 7.02. The van der Waals surface area contributed by atoms with E-state index in [9.17, 15) is 4.79 Å². The van der Waals surface area contributed by atoms with Crippen molar-refractivity contribution in [2.75, 3.05) is 20.8 Å². The zero-order valence-corrected chi connectivity index (χ0v) is 13.4. The molecule has 1 aromatic carbocycles. The van der Waals surface area contributed by atoms with Crippen molar-refractivity contribution in [1.29, 1.82) is 0 Å². The van der Waals surface area contributed by atoms with Crippen LogP contribution >= 0.6 is 0 Å². The molecule has 0 aliphatic rings. The molecular formula is C17H22N2O3. The van der Waals surface area contributed by atoms with Gasteiger partial charge in [0.05, 0.1) is 14.2 Å². The number of benzene rings is 1. The standard InChI is InChI=1S/C17H22N2O3/c1-11-7-13(12(2)19-11)5-6-18-17(20)14-8-15(21-3)10-16(9-14)22-4/h7-10,19H,5-6H2,1-4H3,(H,18,20). The Hall–Kier alpha value is -2.43. The molecule has 5 nitrogen and oxygen atoms in total. The molecule has 2 N–H and O–H groups in total. The molecule has 1 aromatic heterocycles. The van der Waals surface area contributed by atoms with Crippen molar-refractivity contribution >= 4 is 5.91 Å². The Bertz CT molecular complexity index is 640. The first-order chi connectivity index (χ1) is 10.5. The highest BCUT2D eigenvalue weighted by Gasteiger charge is 2.10. The average Bonchev–Trinajstić information content (AvgIpc) is 2.84. The quantitative estimate of drug-likeness (QED) is 0.862. The van der Waals surface area contributed by atoms with Gasteiger partial charge in [0, 0.05) is 29.6 Å². The lowest BCUT2D eigenvalue weighted by Gasteiger charge is -2.09. The van der Waals surface area contributed by atoms with Gasteiger partial charge in [-0.1, -0.05) is 0 Å². The van der Waals surface area contributed by atoms with Crippen LogP contribution in [0.15, 0.2) is 24.3 Å². The summed E-state index contributed by atoms with van der Waals surface area (Å²) in [5.74, 6) is 1.06. The Labute approximate surface area is 130 Å². The second-order valence-corrected chi connectivity index (χ2v) is 5.21. The molecule has 5 heteroatoms. The van der Waals surface area contributed by atoms with Crippen LogP contribution in [-0.2, 0) is 6.42 Å². The zero-order chi connectivity index (χ0) is 16.1. The van der Waals surface area contributed by atoms with E-state index in [0.29, 0.717) is 23.6 Å². The normalized spacial score (nSPS) is 10.4. The summed E-state index contributed by atoms with van der Waals surface area (Å²) in [6.07, 6.45) is 0.795. The molecule has 0 saturated carbocycles. The molecule has 1 amide bonds. The summed E-state index contributed by atoms with van der Waals surface area (Å²) in [4.78, 5) is 15.5. The first kappa shape index (κ1) is 15.9. The van der Waals surface area contributed by atoms with Gasteiger partial charge < -0.3 is 19.8 Å². The molecule has 0 aliphatic carbocycles. The number of nitrogens with one attached hydrogen (secondary N) is 2. The van der Waals surface area contributed by atoms with Gasteiger partial charge in [0.15, 0.2) is 0 Å². The smallest absolute Gasteiger partial charge is 0.251 e. The third-order valence-electron chi connectivity index (χ3n) is 3.55. The lowest BCUT2D eigenvalue weighted by Crippen LogP contribution is -2.25. The highest BCUT2D eigenvalue weighted by molar-refractivity contribution is 5.95. The largest absolute Gasteiger partial charge is 0.497 e. The number of H-pyrrole nitrogens is 1. The molecule has 1 heterocycles. The first-order valence-corrected chi connectivity index (χ1v) is 7.20. The van der Waals surface area contributed by atoms with Crippen LogP contribution in [0.3, 0.4) is 0 Å². The van der Waals surface area contributed by atoms with E-state index in [1.54, 1.807) is 32.4 Å². The molecular weight excluding hydrogens is 280 g/mol. The number of aryl methyl sites for hydroxylation is 2. The van der Waals surface area contributed by atoms with Crippen LogP contribution in [0.2, 0.25) is 0 Å². The molecule has 0 aliphatic heterocycles. The van der Waals surface area contributed by atoms with E-state index in [1.165, 1.54) is 5.56 Å². The van der Waals surface area contributed by atoms with Gasteiger partial charge in [-0.25, -0.2) is 0 Å². The molecule has 0 atom stereocenters. The molecule has 2 rings (SSSR count). The zero-order valence-electron chi connectivity index (χ0n) is 13.4. The van der Waals surface area contributed by atoms with Crippen LogP contribution in [0.5, 0.6) is 11.5 Å². The molecule has 118 valence electrons. The van der Waals surface area contributed by atoms with Gasteiger partial charge in [0.25, 0.3) is 5.91 Å². The topological polar surface area (TPSA) is 63.4 Å². The number of carbonyl (C=O) groups is 1. The monoisotopic (exact) mass is 302 g/mol. The van der Waals surface area contributed by atoms with Crippen molar-refractivity contribution in [2.24, 2.45) is 0 Å². The predicted octanol–water partition coefficient (Wildman–Crippen LogP) is 2.62. The average molecular weight is 302 g/mol. The Morgan fingerprint density at radius 1 is 1.09 bits per heavy atom. The maximum absolute atomic E-state index is 12.2. The predicted molar refractivity (Wildman–Crippen MR) is 85.8 cm³/mol. The number of hydrogen-bond acceptors (Lipinski definition) is 3. The molecule has 0 radical (unpaired) electrons. The van der Waals surface area contributed by atoms with Crippen molar-refractivity contribution in [2.45, 2.75) is 20.3 Å². The fourth-order valence-electron chi connectivity index (χ4n) is 2.39. The van der Waals surface area contributed by atoms with E-state index in [4.69, 9.17) is 9.47 Å². The van der Waals surface area contributed by atoms with Gasteiger partial charge in [0.1, 0.15) is 11.5 Å². The minimum atomic E-state index is -0.137. The number of aromatic amines is 1. The lowest BCUT2D eigenvalue weighted by molar-refractivity contribution is 0.0953. The lowest BCUT2D eigenvalue weighted by atomic mass is 10.1. The number of carbonyl (C=O) groups excluding carboxylic acids is 1. The highest BCUT2D eigenvalue weighted by atomic mass is 16.5. The maximum Gasteiger partial charge on any atom is 0.251 e. The summed E-state index contributed by atoms with van der Waals surface area (Å²) in [6, 6.07) is 7.24. The number of amides is 1.